The van der Waals surface area contributed by atoms with Crippen LogP contribution >= 0.6 is 0 Å². The molecule has 214 valence electrons. The van der Waals surface area contributed by atoms with Gasteiger partial charge in [-0.15, -0.1) is 0 Å². The van der Waals surface area contributed by atoms with Crippen molar-refractivity contribution in [2.24, 2.45) is 0 Å². The lowest BCUT2D eigenvalue weighted by molar-refractivity contribution is -0.170. The molecule has 0 unspecified atom stereocenters. The maximum Gasteiger partial charge on any atom is 0.416 e. The van der Waals surface area contributed by atoms with Crippen LogP contribution in [0.5, 0.6) is 0 Å². The lowest BCUT2D eigenvalue weighted by atomic mass is 9.96. The predicted molar refractivity (Wildman–Crippen MR) is 137 cm³/mol. The number of alkyl halides is 3. The van der Waals surface area contributed by atoms with Crippen LogP contribution in [0.15, 0.2) is 79.1 Å². The fourth-order valence-electron chi connectivity index (χ4n) is 3.78. The van der Waals surface area contributed by atoms with Gasteiger partial charge in [-0.25, -0.2) is 4.79 Å². The fourth-order valence-corrected chi connectivity index (χ4v) is 3.78. The Morgan fingerprint density at radius 2 is 1.30 bits per heavy atom. The monoisotopic (exact) mass is 562 g/mol. The third-order valence-corrected chi connectivity index (χ3v) is 5.72. The van der Waals surface area contributed by atoms with Gasteiger partial charge >= 0.3 is 24.1 Å². The summed E-state index contributed by atoms with van der Waals surface area (Å²) in [6, 6.07) is 19.6. The first-order valence-corrected chi connectivity index (χ1v) is 12.0. The Kier molecular flexibility index (Phi) is 11.8. The molecule has 0 fully saturated rings. The molecule has 4 N–H and O–H groups in total. The minimum absolute atomic E-state index is 0.241. The number of benzene rings is 2. The highest BCUT2D eigenvalue weighted by Crippen LogP contribution is 2.32. The summed E-state index contributed by atoms with van der Waals surface area (Å²) in [5.41, 5.74) is -0.807. The van der Waals surface area contributed by atoms with Gasteiger partial charge in [0.05, 0.1) is 18.4 Å². The summed E-state index contributed by atoms with van der Waals surface area (Å²) in [7, 11) is 0. The average molecular weight is 563 g/mol. The van der Waals surface area contributed by atoms with E-state index in [4.69, 9.17) is 20.4 Å². The Balaban J connectivity index is 0.000000366. The van der Waals surface area contributed by atoms with E-state index in [2.05, 4.69) is 4.98 Å². The van der Waals surface area contributed by atoms with E-state index < -0.39 is 48.1 Å². The number of aromatic nitrogens is 1. The van der Waals surface area contributed by atoms with E-state index in [-0.39, 0.29) is 6.54 Å². The van der Waals surface area contributed by atoms with E-state index in [1.807, 2.05) is 47.4 Å². The zero-order valence-corrected chi connectivity index (χ0v) is 21.3. The summed E-state index contributed by atoms with van der Waals surface area (Å²) in [5.74, 6) is -5.02. The van der Waals surface area contributed by atoms with Crippen LogP contribution in [0.2, 0.25) is 0 Å². The molecule has 0 saturated heterocycles. The van der Waals surface area contributed by atoms with Gasteiger partial charge in [-0.05, 0) is 41.3 Å². The first-order valence-electron chi connectivity index (χ1n) is 12.0. The quantitative estimate of drug-likeness (QED) is 0.256. The van der Waals surface area contributed by atoms with Crippen LogP contribution in [0.4, 0.5) is 13.2 Å². The Morgan fingerprint density at radius 1 is 0.750 bits per heavy atom. The normalized spacial score (nSPS) is 11.4. The minimum atomic E-state index is -4.35. The van der Waals surface area contributed by atoms with Gasteiger partial charge in [0.25, 0.3) is 0 Å². The zero-order valence-electron chi connectivity index (χ0n) is 21.3. The smallest absolute Gasteiger partial charge is 0.416 e. The van der Waals surface area contributed by atoms with Crippen molar-refractivity contribution in [2.75, 3.05) is 6.54 Å². The lowest BCUT2D eigenvalue weighted by Gasteiger charge is -2.24. The van der Waals surface area contributed by atoms with Gasteiger partial charge in [0, 0.05) is 32.0 Å². The molecule has 9 nitrogen and oxygen atoms in total. The van der Waals surface area contributed by atoms with E-state index in [9.17, 15) is 27.6 Å². The van der Waals surface area contributed by atoms with Crippen molar-refractivity contribution >= 4 is 17.9 Å². The number of hydrogen-bond acceptors (Lipinski definition) is 6. The molecule has 0 aliphatic heterocycles. The number of halogens is 3. The molecule has 0 aliphatic rings. The molecule has 0 bridgehead atoms. The topological polar surface area (TPSA) is 148 Å². The fraction of sp³-hybridized carbons (Fsp3) is 0.286. The van der Waals surface area contributed by atoms with E-state index >= 15 is 0 Å². The maximum absolute atomic E-state index is 13.3. The van der Waals surface area contributed by atoms with Gasteiger partial charge in [0.1, 0.15) is 0 Å². The van der Waals surface area contributed by atoms with Crippen LogP contribution in [0, 0.1) is 0 Å². The molecule has 0 atom stereocenters. The first-order chi connectivity index (χ1) is 18.8. The maximum atomic E-state index is 13.3. The van der Waals surface area contributed by atoms with Gasteiger partial charge in [-0.2, -0.15) is 13.2 Å². The second-order valence-corrected chi connectivity index (χ2v) is 8.93. The molecule has 2 aromatic carbocycles. The Labute approximate surface area is 228 Å². The van der Waals surface area contributed by atoms with Gasteiger partial charge < -0.3 is 20.4 Å². The average Bonchev–Trinajstić information content (AvgIpc) is 2.87. The lowest BCUT2D eigenvalue weighted by Crippen LogP contribution is -2.42. The Bertz CT molecular complexity index is 1240. The van der Waals surface area contributed by atoms with Gasteiger partial charge in [0.2, 0.25) is 0 Å². The number of rotatable bonds is 12. The number of aliphatic hydroxyl groups is 1. The number of carboxylic acids is 3. The van der Waals surface area contributed by atoms with Crippen molar-refractivity contribution in [3.05, 3.63) is 101 Å². The summed E-state index contributed by atoms with van der Waals surface area (Å²) in [6.45, 7) is 1.48. The largest absolute Gasteiger partial charge is 0.481 e. The Hall–Kier alpha value is -4.29. The molecule has 0 spiro atoms. The molecule has 12 heteroatoms. The van der Waals surface area contributed by atoms with Crippen LogP contribution in [-0.2, 0) is 40.1 Å². The molecule has 1 aromatic heterocycles. The van der Waals surface area contributed by atoms with Gasteiger partial charge in [-0.1, -0.05) is 48.5 Å². The summed E-state index contributed by atoms with van der Waals surface area (Å²) in [6.07, 6.45) is -2.45. The van der Waals surface area contributed by atoms with Crippen molar-refractivity contribution in [3.8, 4) is 0 Å². The third-order valence-electron chi connectivity index (χ3n) is 5.72. The second kappa shape index (κ2) is 14.8. The van der Waals surface area contributed by atoms with Crippen LogP contribution in [-0.4, -0.2) is 60.4 Å². The second-order valence-electron chi connectivity index (χ2n) is 8.93. The van der Waals surface area contributed by atoms with Crippen molar-refractivity contribution in [3.63, 3.8) is 0 Å². The molecule has 3 aromatic rings. The van der Waals surface area contributed by atoms with E-state index in [1.54, 1.807) is 24.5 Å². The number of hydrogen-bond donors (Lipinski definition) is 4. The van der Waals surface area contributed by atoms with Crippen molar-refractivity contribution < 1.29 is 48.0 Å². The predicted octanol–water partition coefficient (Wildman–Crippen LogP) is 4.10. The number of carbonyl (C=O) groups is 3. The molecular weight excluding hydrogens is 533 g/mol. The molecule has 0 amide bonds. The SMILES string of the molecule is FC(F)(F)c1ccccc1CN(CCc1ccccc1)Cc1ccncc1.O=C(O)CC(O)(CC(=O)O)C(=O)O. The van der Waals surface area contributed by atoms with Crippen molar-refractivity contribution in [1.82, 2.24) is 9.88 Å². The van der Waals surface area contributed by atoms with E-state index in [0.717, 1.165) is 18.1 Å². The zero-order chi connectivity index (χ0) is 29.8. The molecule has 1 heterocycles. The highest BCUT2D eigenvalue weighted by Gasteiger charge is 2.40. The van der Waals surface area contributed by atoms with E-state index in [1.165, 1.54) is 11.6 Å². The number of aliphatic carboxylic acids is 3. The third kappa shape index (κ3) is 10.8. The van der Waals surface area contributed by atoms with E-state index in [0.29, 0.717) is 18.7 Å². The molecule has 0 radical (unpaired) electrons. The number of carboxylic acid groups (broad SMARTS) is 3. The van der Waals surface area contributed by atoms with Crippen LogP contribution in [0.1, 0.15) is 35.1 Å². The van der Waals surface area contributed by atoms with Gasteiger partial charge in [0.15, 0.2) is 5.60 Å². The summed E-state index contributed by atoms with van der Waals surface area (Å²) in [4.78, 5) is 36.5. The summed E-state index contributed by atoms with van der Waals surface area (Å²) >= 11 is 0. The minimum Gasteiger partial charge on any atom is -0.481 e. The van der Waals surface area contributed by atoms with Crippen LogP contribution in [0.3, 0.4) is 0 Å². The van der Waals surface area contributed by atoms with Crippen molar-refractivity contribution in [1.29, 1.82) is 0 Å². The molecular formula is C28H29F3N2O7. The number of nitrogens with zero attached hydrogens (tertiary/aromatic N) is 2. The molecule has 0 aliphatic carbocycles. The first kappa shape index (κ1) is 31.9. The Morgan fingerprint density at radius 3 is 1.82 bits per heavy atom. The van der Waals surface area contributed by atoms with Crippen LogP contribution in [0.25, 0.3) is 0 Å². The van der Waals surface area contributed by atoms with Gasteiger partial charge in [-0.3, -0.25) is 19.5 Å². The highest BCUT2D eigenvalue weighted by molar-refractivity contribution is 5.88. The standard InChI is InChI=1S/C22H21F3N2.C6H8O7/c23-22(24,25)21-9-5-4-8-20(21)17-27(16-19-10-13-26-14-11-19)15-12-18-6-2-1-3-7-18;7-3(8)1-6(13,5(11)12)2-4(9)10/h1-11,13-14H,12,15-17H2;13H,1-2H2,(H,7,8)(H,9,10)(H,11,12). The highest BCUT2D eigenvalue weighted by atomic mass is 19.4. The molecule has 40 heavy (non-hydrogen) atoms. The van der Waals surface area contributed by atoms with Crippen molar-refractivity contribution in [2.45, 2.75) is 44.1 Å². The van der Waals surface area contributed by atoms with Crippen LogP contribution < -0.4 is 0 Å². The molecule has 3 rings (SSSR count). The molecule has 0 saturated carbocycles. The summed E-state index contributed by atoms with van der Waals surface area (Å²) in [5, 5.41) is 33.8. The number of pyridine rings is 1. The summed E-state index contributed by atoms with van der Waals surface area (Å²) < 4.78 is 40.0.